The minimum atomic E-state index is -0.212. The van der Waals surface area contributed by atoms with Gasteiger partial charge in [-0.1, -0.05) is 25.7 Å². The van der Waals surface area contributed by atoms with Crippen molar-refractivity contribution in [3.8, 4) is 0 Å². The number of likely N-dealkylation sites (tertiary alicyclic amines) is 1. The summed E-state index contributed by atoms with van der Waals surface area (Å²) in [6.45, 7) is 3.96. The summed E-state index contributed by atoms with van der Waals surface area (Å²) >= 11 is 1.81. The van der Waals surface area contributed by atoms with Gasteiger partial charge in [0.2, 0.25) is 11.8 Å². The van der Waals surface area contributed by atoms with E-state index in [-0.39, 0.29) is 22.7 Å². The normalized spacial score (nSPS) is 36.0. The average Bonchev–Trinajstić information content (AvgIpc) is 2.96. The standard InChI is InChI=1S/C19H30N2O2S/c1-18-11-7-16(22)21(18)15(13-24-18)17(23)20-12-6-10-19(14-20)8-4-2-3-5-9-19/h15H,2-14H2,1H3. The van der Waals surface area contributed by atoms with Crippen LogP contribution in [-0.2, 0) is 9.59 Å². The fraction of sp³-hybridized carbons (Fsp3) is 0.895. The molecule has 2 atom stereocenters. The van der Waals surface area contributed by atoms with Gasteiger partial charge < -0.3 is 9.80 Å². The van der Waals surface area contributed by atoms with Crippen LogP contribution in [-0.4, -0.2) is 51.4 Å². The number of hydrogen-bond donors (Lipinski definition) is 0. The zero-order valence-corrected chi connectivity index (χ0v) is 15.7. The Morgan fingerprint density at radius 3 is 2.54 bits per heavy atom. The van der Waals surface area contributed by atoms with Crippen LogP contribution in [0.4, 0.5) is 0 Å². The first-order valence-corrected chi connectivity index (χ1v) is 10.8. The molecular formula is C19H30N2O2S. The van der Waals surface area contributed by atoms with Crippen molar-refractivity contribution in [3.63, 3.8) is 0 Å². The third-order valence-electron chi connectivity index (χ3n) is 6.87. The van der Waals surface area contributed by atoms with E-state index in [1.807, 2.05) is 16.7 Å². The molecule has 1 saturated carbocycles. The molecule has 0 aromatic rings. The molecule has 0 N–H and O–H groups in total. The number of amides is 2. The minimum absolute atomic E-state index is 0.132. The highest BCUT2D eigenvalue weighted by molar-refractivity contribution is 8.01. The predicted octanol–water partition coefficient (Wildman–Crippen LogP) is 3.40. The second-order valence-corrected chi connectivity index (χ2v) is 10.0. The van der Waals surface area contributed by atoms with E-state index in [9.17, 15) is 9.59 Å². The van der Waals surface area contributed by atoms with Crippen molar-refractivity contribution in [1.82, 2.24) is 9.80 Å². The van der Waals surface area contributed by atoms with Crippen LogP contribution in [0.15, 0.2) is 0 Å². The molecule has 4 nitrogen and oxygen atoms in total. The summed E-state index contributed by atoms with van der Waals surface area (Å²) in [6.07, 6.45) is 11.9. The molecule has 134 valence electrons. The smallest absolute Gasteiger partial charge is 0.246 e. The third-order valence-corrected chi connectivity index (χ3v) is 8.37. The summed E-state index contributed by atoms with van der Waals surface area (Å²) in [7, 11) is 0. The lowest BCUT2D eigenvalue weighted by Gasteiger charge is -2.44. The molecule has 0 aromatic carbocycles. The molecule has 3 saturated heterocycles. The van der Waals surface area contributed by atoms with E-state index in [0.29, 0.717) is 11.8 Å². The van der Waals surface area contributed by atoms with Gasteiger partial charge in [-0.25, -0.2) is 0 Å². The van der Waals surface area contributed by atoms with Gasteiger partial charge in [0.1, 0.15) is 6.04 Å². The van der Waals surface area contributed by atoms with Crippen molar-refractivity contribution in [2.75, 3.05) is 18.8 Å². The van der Waals surface area contributed by atoms with Gasteiger partial charge in [-0.15, -0.1) is 11.8 Å². The topological polar surface area (TPSA) is 40.6 Å². The number of nitrogens with zero attached hydrogens (tertiary/aromatic N) is 2. The Kier molecular flexibility index (Phi) is 4.34. The van der Waals surface area contributed by atoms with Crippen LogP contribution in [0.1, 0.15) is 71.1 Å². The molecule has 24 heavy (non-hydrogen) atoms. The summed E-state index contributed by atoms with van der Waals surface area (Å²) < 4.78 is 0. The number of carbonyl (C=O) groups is 2. The van der Waals surface area contributed by atoms with E-state index in [2.05, 4.69) is 11.8 Å². The second kappa shape index (κ2) is 6.22. The highest BCUT2D eigenvalue weighted by Crippen LogP contribution is 2.48. The van der Waals surface area contributed by atoms with Crippen LogP contribution < -0.4 is 0 Å². The van der Waals surface area contributed by atoms with Gasteiger partial charge >= 0.3 is 0 Å². The maximum absolute atomic E-state index is 13.3. The minimum Gasteiger partial charge on any atom is -0.340 e. The molecular weight excluding hydrogens is 320 g/mol. The fourth-order valence-electron chi connectivity index (χ4n) is 5.50. The number of piperidine rings is 1. The van der Waals surface area contributed by atoms with Gasteiger partial charge in [-0.2, -0.15) is 0 Å². The zero-order chi connectivity index (χ0) is 16.8. The van der Waals surface area contributed by atoms with Crippen LogP contribution >= 0.6 is 11.8 Å². The van der Waals surface area contributed by atoms with Gasteiger partial charge in [-0.3, -0.25) is 9.59 Å². The van der Waals surface area contributed by atoms with Gasteiger partial charge in [0.25, 0.3) is 0 Å². The first-order valence-electron chi connectivity index (χ1n) is 9.78. The number of hydrogen-bond acceptors (Lipinski definition) is 3. The Morgan fingerprint density at radius 2 is 1.79 bits per heavy atom. The van der Waals surface area contributed by atoms with Gasteiger partial charge in [0.05, 0.1) is 4.87 Å². The molecule has 1 aliphatic carbocycles. The van der Waals surface area contributed by atoms with Crippen molar-refractivity contribution in [2.45, 2.75) is 82.0 Å². The summed E-state index contributed by atoms with van der Waals surface area (Å²) in [4.78, 5) is 29.5. The monoisotopic (exact) mass is 350 g/mol. The van der Waals surface area contributed by atoms with Crippen LogP contribution in [0.5, 0.6) is 0 Å². The summed E-state index contributed by atoms with van der Waals surface area (Å²) in [6, 6.07) is -0.212. The molecule has 0 radical (unpaired) electrons. The molecule has 4 aliphatic rings. The number of fused-ring (bicyclic) bond motifs is 1. The van der Waals surface area contributed by atoms with Gasteiger partial charge in [0, 0.05) is 25.3 Å². The van der Waals surface area contributed by atoms with E-state index >= 15 is 0 Å². The Bertz CT molecular complexity index is 529. The lowest BCUT2D eigenvalue weighted by Crippen LogP contribution is -2.55. The number of rotatable bonds is 1. The highest BCUT2D eigenvalue weighted by Gasteiger charge is 2.54. The Morgan fingerprint density at radius 1 is 1.08 bits per heavy atom. The summed E-state index contributed by atoms with van der Waals surface area (Å²) in [5.41, 5.74) is 0.370. The van der Waals surface area contributed by atoms with Crippen LogP contribution in [0.25, 0.3) is 0 Å². The average molecular weight is 351 g/mol. The molecule has 4 rings (SSSR count). The van der Waals surface area contributed by atoms with Crippen molar-refractivity contribution < 1.29 is 9.59 Å². The Hall–Kier alpha value is -0.710. The van der Waals surface area contributed by atoms with Crippen LogP contribution in [0.3, 0.4) is 0 Å². The molecule has 3 aliphatic heterocycles. The van der Waals surface area contributed by atoms with E-state index in [1.165, 1.54) is 44.9 Å². The SMILES string of the molecule is CC12CCC(=O)N1C(C(=O)N1CCCC3(CCCCCC3)C1)CS2. The van der Waals surface area contributed by atoms with Crippen LogP contribution in [0, 0.1) is 5.41 Å². The molecule has 2 unspecified atom stereocenters. The van der Waals surface area contributed by atoms with E-state index in [4.69, 9.17) is 0 Å². The van der Waals surface area contributed by atoms with Gasteiger partial charge in [-0.05, 0) is 44.4 Å². The molecule has 4 fully saturated rings. The maximum atomic E-state index is 13.3. The van der Waals surface area contributed by atoms with Crippen molar-refractivity contribution in [3.05, 3.63) is 0 Å². The molecule has 2 amide bonds. The Balaban J connectivity index is 1.49. The third kappa shape index (κ3) is 2.77. The lowest BCUT2D eigenvalue weighted by molar-refractivity contribution is -0.146. The number of thioether (sulfide) groups is 1. The molecule has 0 bridgehead atoms. The van der Waals surface area contributed by atoms with Crippen molar-refractivity contribution in [1.29, 1.82) is 0 Å². The summed E-state index contributed by atoms with van der Waals surface area (Å²) in [5.74, 6) is 1.19. The molecule has 5 heteroatoms. The number of carbonyl (C=O) groups excluding carboxylic acids is 2. The summed E-state index contributed by atoms with van der Waals surface area (Å²) in [5, 5.41) is 0. The lowest BCUT2D eigenvalue weighted by atomic mass is 9.74. The van der Waals surface area contributed by atoms with Crippen molar-refractivity contribution >= 4 is 23.6 Å². The molecule has 0 aromatic heterocycles. The first kappa shape index (κ1) is 16.7. The largest absolute Gasteiger partial charge is 0.340 e. The zero-order valence-electron chi connectivity index (χ0n) is 14.9. The maximum Gasteiger partial charge on any atom is 0.246 e. The van der Waals surface area contributed by atoms with E-state index in [0.717, 1.165) is 31.7 Å². The van der Waals surface area contributed by atoms with Gasteiger partial charge in [0.15, 0.2) is 0 Å². The predicted molar refractivity (Wildman–Crippen MR) is 96.7 cm³/mol. The second-order valence-electron chi connectivity index (χ2n) is 8.54. The van der Waals surface area contributed by atoms with E-state index in [1.54, 1.807) is 0 Å². The molecule has 3 heterocycles. The first-order chi connectivity index (χ1) is 11.5. The van der Waals surface area contributed by atoms with Crippen molar-refractivity contribution in [2.24, 2.45) is 5.41 Å². The Labute approximate surface area is 149 Å². The highest BCUT2D eigenvalue weighted by atomic mass is 32.2. The molecule has 1 spiro atoms. The quantitative estimate of drug-likeness (QED) is 0.728. The van der Waals surface area contributed by atoms with E-state index < -0.39 is 0 Å². The van der Waals surface area contributed by atoms with Crippen LogP contribution in [0.2, 0.25) is 0 Å². The fourth-order valence-corrected chi connectivity index (χ4v) is 6.92.